The van der Waals surface area contributed by atoms with E-state index in [0.29, 0.717) is 23.9 Å². The van der Waals surface area contributed by atoms with Crippen molar-refractivity contribution in [2.45, 2.75) is 45.8 Å². The molecule has 0 saturated heterocycles. The van der Waals surface area contributed by atoms with Crippen molar-refractivity contribution in [3.05, 3.63) is 29.0 Å². The van der Waals surface area contributed by atoms with Crippen LogP contribution in [-0.2, 0) is 13.1 Å². The number of thiophene rings is 1. The zero-order valence-corrected chi connectivity index (χ0v) is 16.8. The topological polar surface area (TPSA) is 89.9 Å². The number of aromatic nitrogens is 7. The molecule has 0 bridgehead atoms. The van der Waals surface area contributed by atoms with Gasteiger partial charge in [-0.25, -0.2) is 14.6 Å². The Kier molecular flexibility index (Phi) is 4.08. The van der Waals surface area contributed by atoms with Crippen LogP contribution in [0, 0.1) is 0 Å². The normalized spacial score (nSPS) is 17.0. The zero-order chi connectivity index (χ0) is 19.3. The number of rotatable bonds is 5. The van der Waals surface area contributed by atoms with Crippen LogP contribution in [0.2, 0.25) is 0 Å². The number of hydrazone groups is 1. The van der Waals surface area contributed by atoms with Crippen molar-refractivity contribution in [2.24, 2.45) is 5.10 Å². The molecule has 4 aromatic rings. The molecule has 4 aromatic heterocycles. The van der Waals surface area contributed by atoms with E-state index in [2.05, 4.69) is 63.5 Å². The van der Waals surface area contributed by atoms with Crippen LogP contribution in [0.4, 0.5) is 0 Å². The molecule has 28 heavy (non-hydrogen) atoms. The first-order chi connectivity index (χ1) is 13.6. The predicted octanol–water partition coefficient (Wildman–Crippen LogP) is 2.49. The summed E-state index contributed by atoms with van der Waals surface area (Å²) in [5.41, 5.74) is 3.20. The van der Waals surface area contributed by atoms with Gasteiger partial charge in [0, 0.05) is 36.4 Å². The van der Waals surface area contributed by atoms with E-state index < -0.39 is 0 Å². The van der Waals surface area contributed by atoms with Gasteiger partial charge in [-0.3, -0.25) is 9.69 Å². The van der Waals surface area contributed by atoms with E-state index in [9.17, 15) is 0 Å². The molecule has 0 N–H and O–H groups in total. The van der Waals surface area contributed by atoms with E-state index in [1.54, 1.807) is 17.5 Å². The third-order valence-electron chi connectivity index (χ3n) is 4.92. The minimum absolute atomic E-state index is 0.140. The monoisotopic (exact) mass is 395 g/mol. The first-order valence-electron chi connectivity index (χ1n) is 9.43. The molecule has 0 amide bonds. The zero-order valence-electron chi connectivity index (χ0n) is 16.0. The number of hydrogen-bond acceptors (Lipinski definition) is 8. The molecule has 1 unspecified atom stereocenters. The van der Waals surface area contributed by atoms with Crippen LogP contribution in [0.1, 0.15) is 37.3 Å². The minimum atomic E-state index is 0.140. The summed E-state index contributed by atoms with van der Waals surface area (Å²) >= 11 is 1.73. The number of nitrogens with zero attached hydrogens (tertiary/aromatic N) is 9. The lowest BCUT2D eigenvalue weighted by atomic mass is 10.1. The SMILES string of the molecule is CCn1cc2sc(Cn3nnc4ncc(C5C=NN(C(C)C)C5)nc43)cc2n1. The smallest absolute Gasteiger partial charge is 0.221 e. The lowest BCUT2D eigenvalue weighted by molar-refractivity contribution is 0.250. The molecule has 0 radical (unpaired) electrons. The van der Waals surface area contributed by atoms with Crippen LogP contribution in [0.15, 0.2) is 23.6 Å². The lowest BCUT2D eigenvalue weighted by Gasteiger charge is -2.19. The van der Waals surface area contributed by atoms with E-state index >= 15 is 0 Å². The Morgan fingerprint density at radius 1 is 1.32 bits per heavy atom. The largest absolute Gasteiger partial charge is 0.294 e. The Morgan fingerprint density at radius 2 is 2.21 bits per heavy atom. The molecule has 144 valence electrons. The molecule has 10 heteroatoms. The highest BCUT2D eigenvalue weighted by atomic mass is 32.1. The van der Waals surface area contributed by atoms with Gasteiger partial charge in [0.25, 0.3) is 0 Å². The van der Waals surface area contributed by atoms with E-state index in [4.69, 9.17) is 4.98 Å². The fraction of sp³-hybridized carbons (Fsp3) is 0.444. The third kappa shape index (κ3) is 2.93. The average molecular weight is 395 g/mol. The van der Waals surface area contributed by atoms with E-state index in [0.717, 1.165) is 24.3 Å². The Morgan fingerprint density at radius 3 is 2.96 bits per heavy atom. The van der Waals surface area contributed by atoms with Crippen molar-refractivity contribution in [1.82, 2.24) is 39.8 Å². The second-order valence-electron chi connectivity index (χ2n) is 7.22. The minimum Gasteiger partial charge on any atom is -0.294 e. The maximum absolute atomic E-state index is 4.82. The van der Waals surface area contributed by atoms with Gasteiger partial charge >= 0.3 is 0 Å². The summed E-state index contributed by atoms with van der Waals surface area (Å²) in [7, 11) is 0. The van der Waals surface area contributed by atoms with Crippen LogP contribution in [0.25, 0.3) is 21.5 Å². The Bertz CT molecular complexity index is 1140. The van der Waals surface area contributed by atoms with E-state index in [-0.39, 0.29) is 5.92 Å². The summed E-state index contributed by atoms with van der Waals surface area (Å²) in [5, 5.41) is 19.6. The third-order valence-corrected chi connectivity index (χ3v) is 5.97. The Hall–Kier alpha value is -2.88. The molecule has 9 nitrogen and oxygen atoms in total. The molecule has 5 rings (SSSR count). The number of hydrogen-bond donors (Lipinski definition) is 0. The van der Waals surface area contributed by atoms with Crippen molar-refractivity contribution >= 4 is 39.1 Å². The van der Waals surface area contributed by atoms with Gasteiger partial charge in [0.1, 0.15) is 5.52 Å². The second-order valence-corrected chi connectivity index (χ2v) is 8.39. The Balaban J connectivity index is 1.43. The fourth-order valence-electron chi connectivity index (χ4n) is 3.34. The van der Waals surface area contributed by atoms with Crippen LogP contribution >= 0.6 is 11.3 Å². The van der Waals surface area contributed by atoms with Crippen LogP contribution in [-0.4, -0.2) is 58.6 Å². The van der Waals surface area contributed by atoms with Gasteiger partial charge in [-0.05, 0) is 26.8 Å². The standard InChI is InChI=1S/C18H21N9S/c1-4-25-10-16-14(23-25)5-13(28-16)9-27-18-17(22-24-27)19-7-15(21-18)12-6-20-26(8-12)11(2)3/h5-7,10-12H,4,8-9H2,1-3H3. The molecule has 1 aliphatic heterocycles. The van der Waals surface area contributed by atoms with Gasteiger partial charge in [0.2, 0.25) is 5.65 Å². The summed E-state index contributed by atoms with van der Waals surface area (Å²) in [6.45, 7) is 8.66. The van der Waals surface area contributed by atoms with E-state index in [1.807, 2.05) is 15.6 Å². The summed E-state index contributed by atoms with van der Waals surface area (Å²) < 4.78 is 4.96. The molecule has 1 atom stereocenters. The quantitative estimate of drug-likeness (QED) is 0.516. The first kappa shape index (κ1) is 17.2. The maximum Gasteiger partial charge on any atom is 0.221 e. The fourth-order valence-corrected chi connectivity index (χ4v) is 4.36. The summed E-state index contributed by atoms with van der Waals surface area (Å²) in [5.74, 6) is 0.140. The molecule has 0 saturated carbocycles. The van der Waals surface area contributed by atoms with Crippen molar-refractivity contribution in [3.8, 4) is 0 Å². The van der Waals surface area contributed by atoms with Gasteiger partial charge in [0.15, 0.2) is 5.65 Å². The molecular formula is C18H21N9S. The van der Waals surface area contributed by atoms with Crippen molar-refractivity contribution < 1.29 is 0 Å². The van der Waals surface area contributed by atoms with Crippen LogP contribution in [0.3, 0.4) is 0 Å². The lowest BCUT2D eigenvalue weighted by Crippen LogP contribution is -2.25. The molecule has 0 fully saturated rings. The van der Waals surface area contributed by atoms with Gasteiger partial charge in [0.05, 0.1) is 29.1 Å². The summed E-state index contributed by atoms with van der Waals surface area (Å²) in [6, 6.07) is 2.48. The predicted molar refractivity (Wildman–Crippen MR) is 109 cm³/mol. The van der Waals surface area contributed by atoms with Crippen LogP contribution in [0.5, 0.6) is 0 Å². The van der Waals surface area contributed by atoms with Gasteiger partial charge in [-0.1, -0.05) is 5.21 Å². The number of aryl methyl sites for hydroxylation is 1. The van der Waals surface area contributed by atoms with Crippen molar-refractivity contribution in [3.63, 3.8) is 0 Å². The first-order valence-corrected chi connectivity index (χ1v) is 10.2. The van der Waals surface area contributed by atoms with Gasteiger partial charge in [-0.2, -0.15) is 10.2 Å². The van der Waals surface area contributed by atoms with Crippen molar-refractivity contribution in [1.29, 1.82) is 0 Å². The van der Waals surface area contributed by atoms with Crippen LogP contribution < -0.4 is 0 Å². The highest BCUT2D eigenvalue weighted by Gasteiger charge is 2.23. The molecule has 1 aliphatic rings. The number of fused-ring (bicyclic) bond motifs is 2. The highest BCUT2D eigenvalue weighted by molar-refractivity contribution is 7.19. The average Bonchev–Trinajstić information content (AvgIpc) is 3.44. The van der Waals surface area contributed by atoms with E-state index in [1.165, 1.54) is 9.58 Å². The van der Waals surface area contributed by atoms with Gasteiger partial charge in [-0.15, -0.1) is 16.4 Å². The highest BCUT2D eigenvalue weighted by Crippen LogP contribution is 2.26. The maximum atomic E-state index is 4.82. The molecule has 0 spiro atoms. The molecule has 5 heterocycles. The summed E-state index contributed by atoms with van der Waals surface area (Å²) in [6.07, 6.45) is 5.82. The second kappa shape index (κ2) is 6.62. The molecular weight excluding hydrogens is 374 g/mol. The molecule has 0 aliphatic carbocycles. The molecule has 0 aromatic carbocycles. The van der Waals surface area contributed by atoms with Crippen molar-refractivity contribution in [2.75, 3.05) is 6.54 Å². The Labute approximate surface area is 165 Å². The van der Waals surface area contributed by atoms with Gasteiger partial charge < -0.3 is 0 Å². The summed E-state index contributed by atoms with van der Waals surface area (Å²) in [4.78, 5) is 10.5.